The van der Waals surface area contributed by atoms with Crippen LogP contribution < -0.4 is 5.73 Å². The number of nitrogens with two attached hydrogens (primary N) is 1. The fourth-order valence-electron chi connectivity index (χ4n) is 1.61. The Morgan fingerprint density at radius 3 is 2.54 bits per heavy atom. The molecule has 4 heteroatoms. The molecule has 1 aliphatic carbocycles. The average Bonchev–Trinajstić information content (AvgIpc) is 2.15. The number of rotatable bonds is 3. The lowest BCUT2D eigenvalue weighted by Gasteiger charge is -2.19. The minimum Gasteiger partial charge on any atom is -0.457 e. The average molecular weight is 184 g/mol. The highest BCUT2D eigenvalue weighted by molar-refractivity contribution is 5.81. The Hall–Kier alpha value is -1.06. The van der Waals surface area contributed by atoms with Crippen molar-refractivity contribution in [1.82, 2.24) is 0 Å². The van der Waals surface area contributed by atoms with Gasteiger partial charge in [-0.05, 0) is 12.8 Å². The maximum absolute atomic E-state index is 11.3. The lowest BCUT2D eigenvalue weighted by molar-refractivity contribution is -0.147. The van der Waals surface area contributed by atoms with Crippen molar-refractivity contribution in [3.63, 3.8) is 0 Å². The summed E-state index contributed by atoms with van der Waals surface area (Å²) >= 11 is 0. The van der Waals surface area contributed by atoms with E-state index in [-0.39, 0.29) is 24.3 Å². The number of carbonyl (C=O) groups excluding carboxylic acids is 1. The lowest BCUT2D eigenvalue weighted by Crippen LogP contribution is -2.25. The molecule has 0 saturated heterocycles. The Kier molecular flexibility index (Phi) is 3.73. The maximum atomic E-state index is 11.3. The van der Waals surface area contributed by atoms with Crippen molar-refractivity contribution in [3.05, 3.63) is 0 Å². The van der Waals surface area contributed by atoms with E-state index in [1.54, 1.807) is 0 Å². The van der Waals surface area contributed by atoms with E-state index >= 15 is 0 Å². The van der Waals surface area contributed by atoms with Gasteiger partial charge < -0.3 is 10.5 Å². The quantitative estimate of drug-likeness (QED) is 0.391. The molecule has 0 bridgehead atoms. The second-order valence-electron chi connectivity index (χ2n) is 3.47. The van der Waals surface area contributed by atoms with Crippen molar-refractivity contribution in [2.45, 2.75) is 32.1 Å². The first-order valence-electron chi connectivity index (χ1n) is 4.69. The summed E-state index contributed by atoms with van der Waals surface area (Å²) < 4.78 is 4.85. The molecule has 0 aromatic heterocycles. The Labute approximate surface area is 78.0 Å². The summed E-state index contributed by atoms with van der Waals surface area (Å²) in [5, 5.41) is 6.90. The van der Waals surface area contributed by atoms with Crippen LogP contribution in [0.4, 0.5) is 0 Å². The first-order valence-corrected chi connectivity index (χ1v) is 4.69. The molecule has 0 amide bonds. The van der Waals surface area contributed by atoms with Crippen molar-refractivity contribution in [2.75, 3.05) is 6.61 Å². The molecule has 13 heavy (non-hydrogen) atoms. The summed E-state index contributed by atoms with van der Waals surface area (Å²) in [5.41, 5.74) is 5.08. The van der Waals surface area contributed by atoms with Crippen molar-refractivity contribution in [3.8, 4) is 0 Å². The van der Waals surface area contributed by atoms with Crippen LogP contribution in [-0.2, 0) is 9.53 Å². The standard InChI is InChI=1S/C9H16N2O2/c10-8(11)6-13-9(12)7-4-2-1-3-5-7/h7H,1-6H2,(H3,10,11). The zero-order chi connectivity index (χ0) is 9.68. The summed E-state index contributed by atoms with van der Waals surface area (Å²) in [7, 11) is 0. The number of hydrogen-bond acceptors (Lipinski definition) is 3. The number of esters is 1. The summed E-state index contributed by atoms with van der Waals surface area (Å²) in [4.78, 5) is 11.3. The van der Waals surface area contributed by atoms with E-state index in [9.17, 15) is 4.79 Å². The Morgan fingerprint density at radius 2 is 2.00 bits per heavy atom. The molecule has 1 saturated carbocycles. The zero-order valence-corrected chi connectivity index (χ0v) is 7.71. The first-order chi connectivity index (χ1) is 6.20. The van der Waals surface area contributed by atoms with Gasteiger partial charge in [0, 0.05) is 0 Å². The van der Waals surface area contributed by atoms with E-state index in [0.717, 1.165) is 25.7 Å². The van der Waals surface area contributed by atoms with E-state index < -0.39 is 0 Å². The largest absolute Gasteiger partial charge is 0.457 e. The molecule has 0 atom stereocenters. The van der Waals surface area contributed by atoms with E-state index in [1.807, 2.05) is 0 Å². The van der Waals surface area contributed by atoms with Crippen LogP contribution in [0.5, 0.6) is 0 Å². The molecule has 0 aliphatic heterocycles. The van der Waals surface area contributed by atoms with E-state index in [1.165, 1.54) is 6.42 Å². The van der Waals surface area contributed by atoms with Gasteiger partial charge in [0.1, 0.15) is 12.4 Å². The molecule has 4 nitrogen and oxygen atoms in total. The molecule has 0 radical (unpaired) electrons. The molecule has 0 heterocycles. The molecular weight excluding hydrogens is 168 g/mol. The van der Waals surface area contributed by atoms with Crippen LogP contribution in [0, 0.1) is 11.3 Å². The third-order valence-corrected chi connectivity index (χ3v) is 2.31. The van der Waals surface area contributed by atoms with Gasteiger partial charge in [0.05, 0.1) is 5.92 Å². The summed E-state index contributed by atoms with van der Waals surface area (Å²) in [6.45, 7) is -0.0602. The number of carbonyl (C=O) groups is 1. The normalized spacial score (nSPS) is 18.2. The molecule has 0 aromatic carbocycles. The molecule has 0 aromatic rings. The molecule has 3 N–H and O–H groups in total. The molecule has 1 fully saturated rings. The highest BCUT2D eigenvalue weighted by Gasteiger charge is 2.22. The summed E-state index contributed by atoms with van der Waals surface area (Å²) in [6.07, 6.45) is 5.30. The smallest absolute Gasteiger partial charge is 0.309 e. The third-order valence-electron chi connectivity index (χ3n) is 2.31. The number of hydrogen-bond donors (Lipinski definition) is 2. The van der Waals surface area contributed by atoms with Crippen LogP contribution in [0.25, 0.3) is 0 Å². The minimum absolute atomic E-state index is 0.0492. The van der Waals surface area contributed by atoms with E-state index in [0.29, 0.717) is 0 Å². The number of amidine groups is 1. The maximum Gasteiger partial charge on any atom is 0.309 e. The van der Waals surface area contributed by atoms with Gasteiger partial charge >= 0.3 is 5.97 Å². The van der Waals surface area contributed by atoms with Gasteiger partial charge in [-0.25, -0.2) is 0 Å². The Balaban J connectivity index is 2.25. The van der Waals surface area contributed by atoms with Crippen molar-refractivity contribution >= 4 is 11.8 Å². The first kappa shape index (κ1) is 10.0. The van der Waals surface area contributed by atoms with Crippen molar-refractivity contribution < 1.29 is 9.53 Å². The van der Waals surface area contributed by atoms with Crippen LogP contribution in [0.15, 0.2) is 0 Å². The molecule has 1 rings (SSSR count). The van der Waals surface area contributed by atoms with Gasteiger partial charge in [0.15, 0.2) is 0 Å². The number of ether oxygens (including phenoxy) is 1. The second-order valence-corrected chi connectivity index (χ2v) is 3.47. The predicted octanol–water partition coefficient (Wildman–Crippen LogP) is 1.05. The van der Waals surface area contributed by atoms with Gasteiger partial charge in [0.25, 0.3) is 0 Å². The van der Waals surface area contributed by atoms with E-state index in [4.69, 9.17) is 15.9 Å². The van der Waals surface area contributed by atoms with Gasteiger partial charge in [-0.15, -0.1) is 0 Å². The fourth-order valence-corrected chi connectivity index (χ4v) is 1.61. The van der Waals surface area contributed by atoms with Crippen molar-refractivity contribution in [1.29, 1.82) is 5.41 Å². The SMILES string of the molecule is N=C(N)COC(=O)C1CCCCC1. The van der Waals surface area contributed by atoms with Crippen LogP contribution in [-0.4, -0.2) is 18.4 Å². The highest BCUT2D eigenvalue weighted by atomic mass is 16.5. The summed E-state index contributed by atoms with van der Waals surface area (Å²) in [5.74, 6) is -0.229. The second kappa shape index (κ2) is 4.84. The van der Waals surface area contributed by atoms with Gasteiger partial charge in [0.2, 0.25) is 0 Å². The van der Waals surface area contributed by atoms with Crippen LogP contribution in [0.2, 0.25) is 0 Å². The fraction of sp³-hybridized carbons (Fsp3) is 0.778. The molecular formula is C9H16N2O2. The van der Waals surface area contributed by atoms with Crippen molar-refractivity contribution in [2.24, 2.45) is 11.7 Å². The Morgan fingerprint density at radius 1 is 1.38 bits per heavy atom. The topological polar surface area (TPSA) is 76.2 Å². The lowest BCUT2D eigenvalue weighted by atomic mass is 9.89. The van der Waals surface area contributed by atoms with Crippen LogP contribution in [0.1, 0.15) is 32.1 Å². The zero-order valence-electron chi connectivity index (χ0n) is 7.71. The molecule has 74 valence electrons. The van der Waals surface area contributed by atoms with Gasteiger partial charge in [-0.3, -0.25) is 10.2 Å². The van der Waals surface area contributed by atoms with Gasteiger partial charge in [-0.1, -0.05) is 19.3 Å². The molecule has 0 unspecified atom stereocenters. The van der Waals surface area contributed by atoms with Gasteiger partial charge in [-0.2, -0.15) is 0 Å². The monoisotopic (exact) mass is 184 g/mol. The van der Waals surface area contributed by atoms with Crippen LogP contribution in [0.3, 0.4) is 0 Å². The number of nitrogens with one attached hydrogen (secondary N) is 1. The molecule has 0 spiro atoms. The Bertz CT molecular complexity index is 198. The molecule has 1 aliphatic rings. The van der Waals surface area contributed by atoms with Crippen LogP contribution >= 0.6 is 0 Å². The predicted molar refractivity (Wildman–Crippen MR) is 49.4 cm³/mol. The summed E-state index contributed by atoms with van der Waals surface area (Å²) in [6, 6.07) is 0. The minimum atomic E-state index is -0.185. The van der Waals surface area contributed by atoms with E-state index in [2.05, 4.69) is 0 Å². The third kappa shape index (κ3) is 3.44. The highest BCUT2D eigenvalue weighted by Crippen LogP contribution is 2.24.